The molecule has 1 heterocycles. The summed E-state index contributed by atoms with van der Waals surface area (Å²) in [6.45, 7) is 6.61. The Balaban J connectivity index is 2.17. The van der Waals surface area contributed by atoms with Gasteiger partial charge in [0.1, 0.15) is 0 Å². The summed E-state index contributed by atoms with van der Waals surface area (Å²) in [7, 11) is 0. The van der Waals surface area contributed by atoms with Gasteiger partial charge in [0.2, 0.25) is 0 Å². The van der Waals surface area contributed by atoms with E-state index in [9.17, 15) is 0 Å². The van der Waals surface area contributed by atoms with E-state index in [0.29, 0.717) is 5.15 Å². The van der Waals surface area contributed by atoms with Gasteiger partial charge in [0.15, 0.2) is 10.2 Å². The molecule has 1 aromatic heterocycles. The maximum Gasteiger partial charge on any atom is 0.177 e. The van der Waals surface area contributed by atoms with Crippen LogP contribution in [0.1, 0.15) is 26.3 Å². The lowest BCUT2D eigenvalue weighted by Crippen LogP contribution is -2.10. The fourth-order valence-electron chi connectivity index (χ4n) is 1.37. The van der Waals surface area contributed by atoms with Crippen LogP contribution >= 0.6 is 35.1 Å². The van der Waals surface area contributed by atoms with E-state index in [-0.39, 0.29) is 5.41 Å². The standard InChI is InChI=1S/C12H13ClN2S2/c1-12(2,3)8-4-6-9(7-5-8)16-11-10(13)14-17-15-11/h4-7H,1-3H3. The highest BCUT2D eigenvalue weighted by molar-refractivity contribution is 7.99. The summed E-state index contributed by atoms with van der Waals surface area (Å²) in [5.41, 5.74) is 1.51. The smallest absolute Gasteiger partial charge is 0.164 e. The third kappa shape index (κ3) is 3.21. The van der Waals surface area contributed by atoms with Crippen LogP contribution in [-0.2, 0) is 5.41 Å². The van der Waals surface area contributed by atoms with Crippen molar-refractivity contribution in [2.24, 2.45) is 0 Å². The van der Waals surface area contributed by atoms with Crippen LogP contribution in [0.5, 0.6) is 0 Å². The van der Waals surface area contributed by atoms with Crippen molar-refractivity contribution in [3.8, 4) is 0 Å². The Bertz CT molecular complexity index is 500. The van der Waals surface area contributed by atoms with Crippen LogP contribution in [0.15, 0.2) is 34.2 Å². The van der Waals surface area contributed by atoms with E-state index >= 15 is 0 Å². The zero-order valence-electron chi connectivity index (χ0n) is 9.90. The van der Waals surface area contributed by atoms with Gasteiger partial charge in [-0.1, -0.05) is 56.3 Å². The molecule has 0 spiro atoms. The Morgan fingerprint density at radius 1 is 1.12 bits per heavy atom. The molecule has 0 N–H and O–H groups in total. The molecular weight excluding hydrogens is 272 g/mol. The van der Waals surface area contributed by atoms with Crippen LogP contribution in [0.3, 0.4) is 0 Å². The number of benzene rings is 1. The second-order valence-electron chi connectivity index (χ2n) is 4.74. The van der Waals surface area contributed by atoms with Crippen molar-refractivity contribution in [3.05, 3.63) is 35.0 Å². The highest BCUT2D eigenvalue weighted by atomic mass is 35.5. The summed E-state index contributed by atoms with van der Waals surface area (Å²) in [5, 5.41) is 1.26. The van der Waals surface area contributed by atoms with Gasteiger partial charge in [-0.2, -0.15) is 8.75 Å². The fourth-order valence-corrected chi connectivity index (χ4v) is 2.96. The van der Waals surface area contributed by atoms with Crippen molar-refractivity contribution in [1.82, 2.24) is 8.75 Å². The Morgan fingerprint density at radius 2 is 1.76 bits per heavy atom. The number of halogens is 1. The van der Waals surface area contributed by atoms with Crippen LogP contribution in [-0.4, -0.2) is 8.75 Å². The number of aromatic nitrogens is 2. The van der Waals surface area contributed by atoms with Gasteiger partial charge in [-0.25, -0.2) is 0 Å². The van der Waals surface area contributed by atoms with Crippen molar-refractivity contribution in [2.75, 3.05) is 0 Å². The molecule has 0 aliphatic rings. The molecule has 0 saturated carbocycles. The second-order valence-corrected chi connectivity index (χ2v) is 6.69. The van der Waals surface area contributed by atoms with E-state index in [4.69, 9.17) is 11.6 Å². The fraction of sp³-hybridized carbons (Fsp3) is 0.333. The van der Waals surface area contributed by atoms with Crippen LogP contribution < -0.4 is 0 Å². The van der Waals surface area contributed by atoms with Gasteiger partial charge in [-0.3, -0.25) is 0 Å². The number of hydrogen-bond donors (Lipinski definition) is 0. The minimum Gasteiger partial charge on any atom is -0.164 e. The Kier molecular flexibility index (Phi) is 3.76. The van der Waals surface area contributed by atoms with Crippen molar-refractivity contribution < 1.29 is 0 Å². The van der Waals surface area contributed by atoms with Crippen LogP contribution in [0.25, 0.3) is 0 Å². The molecule has 17 heavy (non-hydrogen) atoms. The first kappa shape index (κ1) is 12.9. The van der Waals surface area contributed by atoms with Gasteiger partial charge < -0.3 is 0 Å². The largest absolute Gasteiger partial charge is 0.177 e. The molecule has 0 saturated heterocycles. The van der Waals surface area contributed by atoms with E-state index in [1.165, 1.54) is 5.56 Å². The second kappa shape index (κ2) is 4.96. The average molecular weight is 285 g/mol. The molecule has 2 nitrogen and oxygen atoms in total. The molecule has 0 fully saturated rings. The van der Waals surface area contributed by atoms with Gasteiger partial charge in [-0.15, -0.1) is 0 Å². The SMILES string of the molecule is CC(C)(C)c1ccc(Sc2nsnc2Cl)cc1. The number of hydrogen-bond acceptors (Lipinski definition) is 4. The third-order valence-corrected chi connectivity index (χ3v) is 4.46. The van der Waals surface area contributed by atoms with Gasteiger partial charge in [-0.05, 0) is 23.1 Å². The van der Waals surface area contributed by atoms with Crippen LogP contribution in [0, 0.1) is 0 Å². The lowest BCUT2D eigenvalue weighted by molar-refractivity contribution is 0.590. The van der Waals surface area contributed by atoms with E-state index < -0.39 is 0 Å². The van der Waals surface area contributed by atoms with Gasteiger partial charge >= 0.3 is 0 Å². The molecular formula is C12H13ClN2S2. The minimum absolute atomic E-state index is 0.184. The summed E-state index contributed by atoms with van der Waals surface area (Å²) in [5.74, 6) is 0. The normalized spacial score (nSPS) is 11.8. The topological polar surface area (TPSA) is 25.8 Å². The lowest BCUT2D eigenvalue weighted by atomic mass is 9.87. The quantitative estimate of drug-likeness (QED) is 0.803. The van der Waals surface area contributed by atoms with Crippen molar-refractivity contribution in [3.63, 3.8) is 0 Å². The molecule has 0 aliphatic carbocycles. The van der Waals surface area contributed by atoms with Gasteiger partial charge in [0, 0.05) is 4.90 Å². The molecule has 5 heteroatoms. The molecule has 2 aromatic rings. The first-order valence-electron chi connectivity index (χ1n) is 5.23. The molecule has 0 aliphatic heterocycles. The molecule has 0 amide bonds. The van der Waals surface area contributed by atoms with Crippen molar-refractivity contribution in [1.29, 1.82) is 0 Å². The molecule has 90 valence electrons. The summed E-state index contributed by atoms with van der Waals surface area (Å²) < 4.78 is 8.09. The molecule has 0 radical (unpaired) electrons. The van der Waals surface area contributed by atoms with Crippen molar-refractivity contribution in [2.45, 2.75) is 36.1 Å². The molecule has 0 unspecified atom stereocenters. The maximum absolute atomic E-state index is 5.91. The number of rotatable bonds is 2. The lowest BCUT2D eigenvalue weighted by Gasteiger charge is -2.18. The maximum atomic E-state index is 5.91. The van der Waals surface area contributed by atoms with Crippen molar-refractivity contribution >= 4 is 35.1 Å². The van der Waals surface area contributed by atoms with Crippen LogP contribution in [0.4, 0.5) is 0 Å². The first-order chi connectivity index (χ1) is 7.97. The molecule has 2 rings (SSSR count). The highest BCUT2D eigenvalue weighted by Crippen LogP contribution is 2.32. The zero-order chi connectivity index (χ0) is 12.5. The summed E-state index contributed by atoms with van der Waals surface area (Å²) in [4.78, 5) is 1.13. The van der Waals surface area contributed by atoms with Crippen LogP contribution in [0.2, 0.25) is 5.15 Å². The summed E-state index contributed by atoms with van der Waals surface area (Å²) in [6, 6.07) is 8.49. The van der Waals surface area contributed by atoms with Gasteiger partial charge in [0.25, 0.3) is 0 Å². The summed E-state index contributed by atoms with van der Waals surface area (Å²) in [6.07, 6.45) is 0. The Morgan fingerprint density at radius 3 is 2.24 bits per heavy atom. The predicted octanol–water partition coefficient (Wildman–Crippen LogP) is 4.64. The first-order valence-corrected chi connectivity index (χ1v) is 7.16. The monoisotopic (exact) mass is 284 g/mol. The zero-order valence-corrected chi connectivity index (χ0v) is 12.3. The predicted molar refractivity (Wildman–Crippen MR) is 74.2 cm³/mol. The van der Waals surface area contributed by atoms with Gasteiger partial charge in [0.05, 0.1) is 11.7 Å². The summed E-state index contributed by atoms with van der Waals surface area (Å²) >= 11 is 8.59. The van der Waals surface area contributed by atoms with E-state index in [1.54, 1.807) is 11.8 Å². The minimum atomic E-state index is 0.184. The Labute approximate surface area is 115 Å². The van der Waals surface area contributed by atoms with E-state index in [1.807, 2.05) is 0 Å². The molecule has 1 aromatic carbocycles. The highest BCUT2D eigenvalue weighted by Gasteiger charge is 2.13. The molecule has 0 bridgehead atoms. The Hall–Kier alpha value is -0.580. The molecule has 0 atom stereocenters. The van der Waals surface area contributed by atoms with E-state index in [2.05, 4.69) is 53.8 Å². The third-order valence-electron chi connectivity index (χ3n) is 2.36. The number of nitrogens with zero attached hydrogens (tertiary/aromatic N) is 2. The average Bonchev–Trinajstić information content (AvgIpc) is 2.64. The van der Waals surface area contributed by atoms with E-state index in [0.717, 1.165) is 21.6 Å².